The van der Waals surface area contributed by atoms with E-state index < -0.39 is 15.6 Å². The average Bonchev–Trinajstić information content (AvgIpc) is 2.25. The first-order chi connectivity index (χ1) is 8.37. The van der Waals surface area contributed by atoms with Crippen molar-refractivity contribution in [3.63, 3.8) is 0 Å². The smallest absolute Gasteiger partial charge is 0.408 e. The van der Waals surface area contributed by atoms with Crippen molar-refractivity contribution < 1.29 is 12.8 Å². The first kappa shape index (κ1) is 12.8. The largest absolute Gasteiger partial charge is 0.439 e. The SMILES string of the molecule is Cc1nc(=O)oc2c(CCS(C)(=O)=O)cccc12. The Morgan fingerprint density at radius 2 is 2.06 bits per heavy atom. The standard InChI is InChI=1S/C12H13NO4S/c1-8-10-5-3-4-9(6-7-18(2,15)16)11(10)17-12(14)13-8/h3-5H,6-7H2,1-2H3. The van der Waals surface area contributed by atoms with Crippen LogP contribution in [-0.4, -0.2) is 25.4 Å². The highest BCUT2D eigenvalue weighted by atomic mass is 32.2. The molecule has 0 saturated heterocycles. The molecular formula is C12H13NO4S. The van der Waals surface area contributed by atoms with Gasteiger partial charge in [-0.15, -0.1) is 0 Å². The zero-order chi connectivity index (χ0) is 13.3. The van der Waals surface area contributed by atoms with E-state index in [1.807, 2.05) is 0 Å². The third-order valence-corrected chi connectivity index (χ3v) is 3.62. The maximum absolute atomic E-state index is 11.3. The molecule has 0 saturated carbocycles. The lowest BCUT2D eigenvalue weighted by atomic mass is 10.1. The molecule has 0 aliphatic rings. The van der Waals surface area contributed by atoms with Gasteiger partial charge in [-0.1, -0.05) is 12.1 Å². The van der Waals surface area contributed by atoms with E-state index in [2.05, 4.69) is 4.98 Å². The van der Waals surface area contributed by atoms with E-state index in [0.717, 1.165) is 5.39 Å². The molecule has 0 spiro atoms. The molecule has 1 aromatic heterocycles. The van der Waals surface area contributed by atoms with Gasteiger partial charge in [0.15, 0.2) is 0 Å². The number of benzene rings is 1. The molecule has 1 heterocycles. The van der Waals surface area contributed by atoms with Crippen molar-refractivity contribution in [3.05, 3.63) is 40.0 Å². The fraction of sp³-hybridized carbons (Fsp3) is 0.333. The van der Waals surface area contributed by atoms with Crippen LogP contribution < -0.4 is 5.76 Å². The minimum Gasteiger partial charge on any atom is -0.408 e. The fourth-order valence-corrected chi connectivity index (χ4v) is 2.38. The van der Waals surface area contributed by atoms with Crippen LogP contribution in [0.2, 0.25) is 0 Å². The topological polar surface area (TPSA) is 77.2 Å². The average molecular weight is 267 g/mol. The minimum atomic E-state index is -3.05. The Balaban J connectivity index is 2.55. The van der Waals surface area contributed by atoms with Crippen LogP contribution in [0.1, 0.15) is 11.3 Å². The number of fused-ring (bicyclic) bond motifs is 1. The Labute approximate surface area is 104 Å². The maximum Gasteiger partial charge on any atom is 0.439 e. The lowest BCUT2D eigenvalue weighted by molar-refractivity contribution is 0.525. The number of nitrogens with zero attached hydrogens (tertiary/aromatic N) is 1. The monoisotopic (exact) mass is 267 g/mol. The quantitative estimate of drug-likeness (QED) is 0.831. The first-order valence-electron chi connectivity index (χ1n) is 5.44. The summed E-state index contributed by atoms with van der Waals surface area (Å²) in [4.78, 5) is 15.0. The molecule has 2 aromatic rings. The van der Waals surface area contributed by atoms with E-state index in [1.165, 1.54) is 6.26 Å². The van der Waals surface area contributed by atoms with Crippen LogP contribution in [0.4, 0.5) is 0 Å². The molecule has 6 heteroatoms. The van der Waals surface area contributed by atoms with E-state index in [9.17, 15) is 13.2 Å². The van der Waals surface area contributed by atoms with Gasteiger partial charge in [-0.25, -0.2) is 13.2 Å². The molecule has 5 nitrogen and oxygen atoms in total. The number of aryl methyl sites for hydroxylation is 2. The Morgan fingerprint density at radius 1 is 1.33 bits per heavy atom. The second-order valence-corrected chi connectivity index (χ2v) is 6.50. The van der Waals surface area contributed by atoms with Gasteiger partial charge in [-0.2, -0.15) is 4.98 Å². The van der Waals surface area contributed by atoms with E-state index in [4.69, 9.17) is 4.42 Å². The molecule has 0 fully saturated rings. The number of aromatic nitrogens is 1. The Hall–Kier alpha value is -1.69. The summed E-state index contributed by atoms with van der Waals surface area (Å²) in [7, 11) is -3.05. The van der Waals surface area contributed by atoms with Crippen LogP contribution in [0, 0.1) is 6.92 Å². The summed E-state index contributed by atoms with van der Waals surface area (Å²) in [6.07, 6.45) is 1.50. The highest BCUT2D eigenvalue weighted by molar-refractivity contribution is 7.90. The summed E-state index contributed by atoms with van der Waals surface area (Å²) in [6.45, 7) is 1.72. The van der Waals surface area contributed by atoms with Crippen LogP contribution in [0.25, 0.3) is 11.0 Å². The van der Waals surface area contributed by atoms with Crippen molar-refractivity contribution >= 4 is 20.8 Å². The van der Waals surface area contributed by atoms with Crippen LogP contribution in [0.5, 0.6) is 0 Å². The lowest BCUT2D eigenvalue weighted by Crippen LogP contribution is -2.09. The number of hydrogen-bond donors (Lipinski definition) is 0. The van der Waals surface area contributed by atoms with Gasteiger partial charge in [0.25, 0.3) is 0 Å². The highest BCUT2D eigenvalue weighted by Gasteiger charge is 2.10. The van der Waals surface area contributed by atoms with Crippen LogP contribution in [0.15, 0.2) is 27.4 Å². The molecule has 0 N–H and O–H groups in total. The molecule has 0 amide bonds. The normalized spacial score (nSPS) is 11.9. The Bertz CT molecular complexity index is 746. The van der Waals surface area contributed by atoms with Crippen molar-refractivity contribution in [2.45, 2.75) is 13.3 Å². The fourth-order valence-electron chi connectivity index (χ4n) is 1.79. The molecule has 18 heavy (non-hydrogen) atoms. The lowest BCUT2D eigenvalue weighted by Gasteiger charge is -2.05. The number of rotatable bonds is 3. The van der Waals surface area contributed by atoms with Gasteiger partial charge in [-0.3, -0.25) is 0 Å². The van der Waals surface area contributed by atoms with Crippen molar-refractivity contribution in [3.8, 4) is 0 Å². The summed E-state index contributed by atoms with van der Waals surface area (Å²) < 4.78 is 27.4. The van der Waals surface area contributed by atoms with E-state index in [0.29, 0.717) is 23.3 Å². The molecule has 0 radical (unpaired) electrons. The van der Waals surface area contributed by atoms with Crippen molar-refractivity contribution in [2.24, 2.45) is 0 Å². The van der Waals surface area contributed by atoms with Gasteiger partial charge in [0, 0.05) is 11.6 Å². The third kappa shape index (κ3) is 2.76. The van der Waals surface area contributed by atoms with Gasteiger partial charge in [0.2, 0.25) is 0 Å². The molecule has 96 valence electrons. The second-order valence-electron chi connectivity index (χ2n) is 4.24. The van der Waals surface area contributed by atoms with Gasteiger partial charge in [-0.05, 0) is 25.0 Å². The van der Waals surface area contributed by atoms with Crippen molar-refractivity contribution in [1.82, 2.24) is 4.98 Å². The molecule has 0 aliphatic carbocycles. The molecule has 1 aromatic carbocycles. The van der Waals surface area contributed by atoms with Crippen molar-refractivity contribution in [1.29, 1.82) is 0 Å². The number of hydrogen-bond acceptors (Lipinski definition) is 5. The zero-order valence-corrected chi connectivity index (χ0v) is 11.0. The van der Waals surface area contributed by atoms with Gasteiger partial charge in [0.05, 0.1) is 11.4 Å². The summed E-state index contributed by atoms with van der Waals surface area (Å²) in [5.74, 6) is -0.635. The highest BCUT2D eigenvalue weighted by Crippen LogP contribution is 2.19. The molecule has 0 atom stereocenters. The Morgan fingerprint density at radius 3 is 2.72 bits per heavy atom. The van der Waals surface area contributed by atoms with Crippen LogP contribution >= 0.6 is 0 Å². The maximum atomic E-state index is 11.3. The predicted molar refractivity (Wildman–Crippen MR) is 68.4 cm³/mol. The number of para-hydroxylation sites is 1. The zero-order valence-electron chi connectivity index (χ0n) is 10.1. The van der Waals surface area contributed by atoms with Gasteiger partial charge >= 0.3 is 5.76 Å². The first-order valence-corrected chi connectivity index (χ1v) is 7.50. The third-order valence-electron chi connectivity index (χ3n) is 2.68. The summed E-state index contributed by atoms with van der Waals surface area (Å²) in [5.41, 5.74) is 1.72. The molecule has 0 unspecified atom stereocenters. The van der Waals surface area contributed by atoms with E-state index >= 15 is 0 Å². The summed E-state index contributed by atoms with van der Waals surface area (Å²) in [6, 6.07) is 5.36. The molecule has 2 rings (SSSR count). The Kier molecular flexibility index (Phi) is 3.21. The molecular weight excluding hydrogens is 254 g/mol. The van der Waals surface area contributed by atoms with Crippen molar-refractivity contribution in [2.75, 3.05) is 12.0 Å². The number of sulfone groups is 1. The molecule has 0 bridgehead atoms. The van der Waals surface area contributed by atoms with E-state index in [1.54, 1.807) is 25.1 Å². The second kappa shape index (κ2) is 4.53. The van der Waals surface area contributed by atoms with Gasteiger partial charge < -0.3 is 4.42 Å². The predicted octanol–water partition coefficient (Wildman–Crippen LogP) is 1.08. The van der Waals surface area contributed by atoms with Crippen LogP contribution in [-0.2, 0) is 16.3 Å². The minimum absolute atomic E-state index is 0.0250. The molecule has 0 aliphatic heterocycles. The summed E-state index contributed by atoms with van der Waals surface area (Å²) >= 11 is 0. The van der Waals surface area contributed by atoms with Crippen LogP contribution in [0.3, 0.4) is 0 Å². The van der Waals surface area contributed by atoms with Gasteiger partial charge in [0.1, 0.15) is 15.4 Å². The summed E-state index contributed by atoms with van der Waals surface area (Å²) in [5, 5.41) is 0.737. The van der Waals surface area contributed by atoms with E-state index in [-0.39, 0.29) is 5.75 Å².